The summed E-state index contributed by atoms with van der Waals surface area (Å²) < 4.78 is 10.0. The molecule has 7 nitrogen and oxygen atoms in total. The molecule has 23 heavy (non-hydrogen) atoms. The van der Waals surface area contributed by atoms with Crippen molar-refractivity contribution in [3.05, 3.63) is 23.8 Å². The monoisotopic (exact) mass is 340 g/mol. The van der Waals surface area contributed by atoms with Gasteiger partial charge < -0.3 is 14.8 Å². The van der Waals surface area contributed by atoms with Gasteiger partial charge in [0.1, 0.15) is 11.3 Å². The first-order valence-electron chi connectivity index (χ1n) is 6.98. The molecule has 1 rings (SSSR count). The standard InChI is InChI=1S/C15H20N2O5S/c1-4-7-16-15(20)17-13(18)9-22-14(19)11-6-5-10(23-3)8-12(11)21-2/h5-6,8H,4,7,9H2,1-3H3,(H2,16,17,18,20). The van der Waals surface area contributed by atoms with E-state index >= 15 is 0 Å². The first kappa shape index (κ1) is 18.8. The molecule has 126 valence electrons. The van der Waals surface area contributed by atoms with Gasteiger partial charge in [0.15, 0.2) is 6.61 Å². The SMILES string of the molecule is CCCNC(=O)NC(=O)COC(=O)c1ccc(SC)cc1OC. The van der Waals surface area contributed by atoms with Crippen LogP contribution in [0.5, 0.6) is 5.75 Å². The van der Waals surface area contributed by atoms with Gasteiger partial charge in [-0.3, -0.25) is 10.1 Å². The van der Waals surface area contributed by atoms with E-state index < -0.39 is 24.5 Å². The highest BCUT2D eigenvalue weighted by Gasteiger charge is 2.16. The van der Waals surface area contributed by atoms with Crippen molar-refractivity contribution in [2.45, 2.75) is 18.2 Å². The number of benzene rings is 1. The maximum absolute atomic E-state index is 12.0. The number of urea groups is 1. The second-order valence-corrected chi connectivity index (χ2v) is 5.33. The second kappa shape index (κ2) is 9.73. The van der Waals surface area contributed by atoms with Crippen molar-refractivity contribution in [3.8, 4) is 5.75 Å². The minimum Gasteiger partial charge on any atom is -0.496 e. The lowest BCUT2D eigenvalue weighted by Crippen LogP contribution is -2.41. The highest BCUT2D eigenvalue weighted by Crippen LogP contribution is 2.25. The Kier molecular flexibility index (Phi) is 7.96. The molecule has 0 fully saturated rings. The lowest BCUT2D eigenvalue weighted by molar-refractivity contribution is -0.123. The Bertz CT molecular complexity index is 577. The molecule has 0 atom stereocenters. The third-order valence-electron chi connectivity index (χ3n) is 2.75. The van der Waals surface area contributed by atoms with Crippen molar-refractivity contribution in [1.82, 2.24) is 10.6 Å². The summed E-state index contributed by atoms with van der Waals surface area (Å²) in [6.45, 7) is 1.79. The third kappa shape index (κ3) is 6.19. The van der Waals surface area contributed by atoms with E-state index in [1.165, 1.54) is 18.9 Å². The predicted molar refractivity (Wildman–Crippen MR) is 86.9 cm³/mol. The van der Waals surface area contributed by atoms with E-state index in [9.17, 15) is 14.4 Å². The van der Waals surface area contributed by atoms with Crippen molar-refractivity contribution in [3.63, 3.8) is 0 Å². The summed E-state index contributed by atoms with van der Waals surface area (Å²) in [6, 6.07) is 4.41. The van der Waals surface area contributed by atoms with Gasteiger partial charge in [-0.25, -0.2) is 9.59 Å². The summed E-state index contributed by atoms with van der Waals surface area (Å²) in [5.74, 6) is -1.03. The van der Waals surface area contributed by atoms with E-state index in [0.717, 1.165) is 11.3 Å². The number of ether oxygens (including phenoxy) is 2. The van der Waals surface area contributed by atoms with E-state index in [1.807, 2.05) is 13.2 Å². The van der Waals surface area contributed by atoms with Gasteiger partial charge in [-0.2, -0.15) is 0 Å². The largest absolute Gasteiger partial charge is 0.496 e. The molecule has 1 aromatic rings. The molecule has 0 radical (unpaired) electrons. The molecule has 0 aliphatic rings. The van der Waals surface area contributed by atoms with Crippen LogP contribution in [-0.4, -0.2) is 44.4 Å². The zero-order valence-electron chi connectivity index (χ0n) is 13.3. The lowest BCUT2D eigenvalue weighted by Gasteiger charge is -2.10. The summed E-state index contributed by atoms with van der Waals surface area (Å²) in [5, 5.41) is 4.55. The quantitative estimate of drug-likeness (QED) is 0.581. The molecule has 0 aliphatic carbocycles. The van der Waals surface area contributed by atoms with Crippen molar-refractivity contribution in [2.24, 2.45) is 0 Å². The van der Waals surface area contributed by atoms with Crippen LogP contribution in [0, 0.1) is 0 Å². The first-order chi connectivity index (χ1) is 11.0. The Morgan fingerprint density at radius 3 is 2.61 bits per heavy atom. The fraction of sp³-hybridized carbons (Fsp3) is 0.400. The van der Waals surface area contributed by atoms with Gasteiger partial charge in [0.2, 0.25) is 0 Å². The Labute approximate surface area is 139 Å². The van der Waals surface area contributed by atoms with E-state index in [0.29, 0.717) is 12.3 Å². The van der Waals surface area contributed by atoms with Gasteiger partial charge in [0.05, 0.1) is 7.11 Å². The highest BCUT2D eigenvalue weighted by molar-refractivity contribution is 7.98. The summed E-state index contributed by atoms with van der Waals surface area (Å²) in [4.78, 5) is 35.7. The molecule has 3 amide bonds. The maximum Gasteiger partial charge on any atom is 0.342 e. The van der Waals surface area contributed by atoms with Crippen LogP contribution in [0.15, 0.2) is 23.1 Å². The molecule has 0 spiro atoms. The van der Waals surface area contributed by atoms with Gasteiger partial charge in [-0.1, -0.05) is 6.92 Å². The fourth-order valence-electron chi connectivity index (χ4n) is 1.62. The lowest BCUT2D eigenvalue weighted by atomic mass is 10.2. The third-order valence-corrected chi connectivity index (χ3v) is 3.48. The van der Waals surface area contributed by atoms with Crippen LogP contribution < -0.4 is 15.4 Å². The molecule has 0 heterocycles. The van der Waals surface area contributed by atoms with Gasteiger partial charge in [0.25, 0.3) is 5.91 Å². The number of rotatable bonds is 7. The van der Waals surface area contributed by atoms with Gasteiger partial charge >= 0.3 is 12.0 Å². The number of thioether (sulfide) groups is 1. The number of nitrogens with one attached hydrogen (secondary N) is 2. The van der Waals surface area contributed by atoms with Crippen LogP contribution in [-0.2, 0) is 9.53 Å². The maximum atomic E-state index is 12.0. The van der Waals surface area contributed by atoms with Crippen LogP contribution in [0.25, 0.3) is 0 Å². The van der Waals surface area contributed by atoms with Crippen molar-refractivity contribution in [1.29, 1.82) is 0 Å². The number of hydrogen-bond donors (Lipinski definition) is 2. The van der Waals surface area contributed by atoms with Crippen LogP contribution in [0.4, 0.5) is 4.79 Å². The molecule has 1 aromatic carbocycles. The van der Waals surface area contributed by atoms with Gasteiger partial charge in [-0.15, -0.1) is 11.8 Å². The number of carbonyl (C=O) groups excluding carboxylic acids is 3. The number of esters is 1. The molecule has 0 saturated carbocycles. The van der Waals surface area contributed by atoms with Crippen LogP contribution in [0.3, 0.4) is 0 Å². The number of imide groups is 1. The second-order valence-electron chi connectivity index (χ2n) is 4.45. The molecule has 2 N–H and O–H groups in total. The zero-order chi connectivity index (χ0) is 17.2. The molecule has 0 aromatic heterocycles. The van der Waals surface area contributed by atoms with Gasteiger partial charge in [0, 0.05) is 11.4 Å². The van der Waals surface area contributed by atoms with E-state index in [-0.39, 0.29) is 5.56 Å². The topological polar surface area (TPSA) is 93.7 Å². The Balaban J connectivity index is 2.56. The predicted octanol–water partition coefficient (Wildman–Crippen LogP) is 1.81. The van der Waals surface area contributed by atoms with Crippen molar-refractivity contribution < 1.29 is 23.9 Å². The molecule has 0 aliphatic heterocycles. The van der Waals surface area contributed by atoms with Crippen LogP contribution >= 0.6 is 11.8 Å². The summed E-state index contributed by atoms with van der Waals surface area (Å²) in [7, 11) is 1.45. The highest BCUT2D eigenvalue weighted by atomic mass is 32.2. The van der Waals surface area contributed by atoms with Crippen molar-refractivity contribution >= 4 is 29.7 Å². The Morgan fingerprint density at radius 2 is 2.00 bits per heavy atom. The smallest absolute Gasteiger partial charge is 0.342 e. The molecular weight excluding hydrogens is 320 g/mol. The fourth-order valence-corrected chi connectivity index (χ4v) is 2.05. The zero-order valence-corrected chi connectivity index (χ0v) is 14.1. The normalized spacial score (nSPS) is 9.87. The molecular formula is C15H20N2O5S. The van der Waals surface area contributed by atoms with Crippen molar-refractivity contribution in [2.75, 3.05) is 26.5 Å². The summed E-state index contributed by atoms with van der Waals surface area (Å²) in [6.07, 6.45) is 2.66. The number of methoxy groups -OCH3 is 1. The molecule has 0 saturated heterocycles. The molecule has 0 bridgehead atoms. The first-order valence-corrected chi connectivity index (χ1v) is 8.21. The molecule has 8 heteroatoms. The average molecular weight is 340 g/mol. The number of hydrogen-bond acceptors (Lipinski definition) is 6. The van der Waals surface area contributed by atoms with E-state index in [1.54, 1.807) is 18.2 Å². The number of carbonyl (C=O) groups is 3. The summed E-state index contributed by atoms with van der Waals surface area (Å²) in [5.41, 5.74) is 0.216. The Morgan fingerprint density at radius 1 is 1.26 bits per heavy atom. The Hall–Kier alpha value is -2.22. The number of amides is 3. The minimum atomic E-state index is -0.702. The van der Waals surface area contributed by atoms with E-state index in [4.69, 9.17) is 9.47 Å². The van der Waals surface area contributed by atoms with Crippen LogP contribution in [0.1, 0.15) is 23.7 Å². The summed E-state index contributed by atoms with van der Waals surface area (Å²) >= 11 is 1.51. The van der Waals surface area contributed by atoms with E-state index in [2.05, 4.69) is 10.6 Å². The van der Waals surface area contributed by atoms with Gasteiger partial charge in [-0.05, 0) is 30.9 Å². The van der Waals surface area contributed by atoms with Crippen LogP contribution in [0.2, 0.25) is 0 Å². The minimum absolute atomic E-state index is 0.216. The molecule has 0 unspecified atom stereocenters. The average Bonchev–Trinajstić information content (AvgIpc) is 2.57.